The maximum Gasteiger partial charge on any atom is 0.214 e. The molecular weight excluding hydrogens is 226 g/mol. The molecular formula is C14H25N3O. The molecule has 0 N–H and O–H groups in total. The number of ketones is 1. The fourth-order valence-electron chi connectivity index (χ4n) is 1.64. The van der Waals surface area contributed by atoms with Crippen molar-refractivity contribution in [1.82, 2.24) is 0 Å². The lowest BCUT2D eigenvalue weighted by Gasteiger charge is -2.06. The average molecular weight is 251 g/mol. The van der Waals surface area contributed by atoms with Crippen LogP contribution in [0.3, 0.4) is 0 Å². The quantitative estimate of drug-likeness (QED) is 0.434. The summed E-state index contributed by atoms with van der Waals surface area (Å²) in [5.41, 5.74) is 0. The predicted octanol–water partition coefficient (Wildman–Crippen LogP) is 4.06. The van der Waals surface area contributed by atoms with Gasteiger partial charge in [-0.1, -0.05) is 40.0 Å². The van der Waals surface area contributed by atoms with Crippen LogP contribution in [0.4, 0.5) is 0 Å². The van der Waals surface area contributed by atoms with E-state index in [0.29, 0.717) is 6.42 Å². The first-order valence-electron chi connectivity index (χ1n) is 7.01. The molecule has 0 aliphatic carbocycles. The van der Waals surface area contributed by atoms with Crippen LogP contribution in [0.15, 0.2) is 10.2 Å². The molecule has 0 aliphatic heterocycles. The molecule has 0 saturated heterocycles. The Kier molecular flexibility index (Phi) is 10.1. The minimum Gasteiger partial charge on any atom is -0.296 e. The van der Waals surface area contributed by atoms with Gasteiger partial charge in [-0.25, -0.2) is 0 Å². The zero-order valence-electron chi connectivity index (χ0n) is 11.9. The molecule has 0 aromatic rings. The summed E-state index contributed by atoms with van der Waals surface area (Å²) in [7, 11) is 0. The molecule has 0 rings (SSSR count). The van der Waals surface area contributed by atoms with Crippen molar-refractivity contribution in [3.63, 3.8) is 0 Å². The van der Waals surface area contributed by atoms with E-state index in [-0.39, 0.29) is 11.8 Å². The molecule has 4 nitrogen and oxygen atoms in total. The van der Waals surface area contributed by atoms with Gasteiger partial charge in [-0.05, 0) is 19.3 Å². The summed E-state index contributed by atoms with van der Waals surface area (Å²) in [5, 5.41) is 16.9. The molecule has 0 spiro atoms. The van der Waals surface area contributed by atoms with E-state index in [1.807, 2.05) is 19.9 Å². The van der Waals surface area contributed by atoms with E-state index >= 15 is 0 Å². The van der Waals surface area contributed by atoms with Gasteiger partial charge in [-0.15, -0.1) is 0 Å². The SMILES string of the molecule is CCCCCCC(=O)C(C#N)N=NC(CC)CC. The lowest BCUT2D eigenvalue weighted by atomic mass is 10.1. The number of carbonyl (C=O) groups excluding carboxylic acids is 1. The maximum absolute atomic E-state index is 11.8. The number of nitriles is 1. The van der Waals surface area contributed by atoms with E-state index in [0.717, 1.165) is 38.5 Å². The van der Waals surface area contributed by atoms with Gasteiger partial charge in [0.25, 0.3) is 0 Å². The van der Waals surface area contributed by atoms with Crippen molar-refractivity contribution in [2.24, 2.45) is 10.2 Å². The van der Waals surface area contributed by atoms with Crippen LogP contribution in [0.5, 0.6) is 0 Å². The van der Waals surface area contributed by atoms with E-state index in [9.17, 15) is 4.79 Å². The molecule has 0 aromatic carbocycles. The average Bonchev–Trinajstić information content (AvgIpc) is 2.40. The molecule has 1 atom stereocenters. The predicted molar refractivity (Wildman–Crippen MR) is 72.4 cm³/mol. The zero-order chi connectivity index (χ0) is 13.8. The number of azo groups is 1. The number of carbonyl (C=O) groups is 1. The molecule has 0 saturated carbocycles. The van der Waals surface area contributed by atoms with Gasteiger partial charge in [0, 0.05) is 6.42 Å². The van der Waals surface area contributed by atoms with Gasteiger partial charge in [-0.2, -0.15) is 15.5 Å². The van der Waals surface area contributed by atoms with Gasteiger partial charge in [0.15, 0.2) is 5.78 Å². The van der Waals surface area contributed by atoms with Crippen molar-refractivity contribution in [2.75, 3.05) is 0 Å². The summed E-state index contributed by atoms with van der Waals surface area (Å²) in [6, 6.07) is 1.17. The van der Waals surface area contributed by atoms with Crippen LogP contribution >= 0.6 is 0 Å². The number of hydrogen-bond donors (Lipinski definition) is 0. The first-order valence-corrected chi connectivity index (χ1v) is 7.01. The van der Waals surface area contributed by atoms with Crippen molar-refractivity contribution in [3.8, 4) is 6.07 Å². The first-order chi connectivity index (χ1) is 8.69. The second-order valence-corrected chi connectivity index (χ2v) is 4.51. The van der Waals surface area contributed by atoms with Crippen LogP contribution in [-0.4, -0.2) is 17.9 Å². The van der Waals surface area contributed by atoms with Gasteiger partial charge in [0.05, 0.1) is 12.1 Å². The lowest BCUT2D eigenvalue weighted by Crippen LogP contribution is -2.16. The van der Waals surface area contributed by atoms with Crippen LogP contribution < -0.4 is 0 Å². The summed E-state index contributed by atoms with van der Waals surface area (Å²) in [6.07, 6.45) is 6.41. The lowest BCUT2D eigenvalue weighted by molar-refractivity contribution is -0.119. The van der Waals surface area contributed by atoms with Crippen LogP contribution in [0, 0.1) is 11.3 Å². The van der Waals surface area contributed by atoms with Gasteiger partial charge in [0.2, 0.25) is 6.04 Å². The summed E-state index contributed by atoms with van der Waals surface area (Å²) < 4.78 is 0. The van der Waals surface area contributed by atoms with Crippen molar-refractivity contribution in [3.05, 3.63) is 0 Å². The molecule has 4 heteroatoms. The molecule has 0 heterocycles. The zero-order valence-corrected chi connectivity index (χ0v) is 11.9. The second kappa shape index (κ2) is 10.9. The highest BCUT2D eigenvalue weighted by atomic mass is 16.1. The van der Waals surface area contributed by atoms with Gasteiger partial charge < -0.3 is 0 Å². The molecule has 1 unspecified atom stereocenters. The van der Waals surface area contributed by atoms with E-state index in [1.54, 1.807) is 0 Å². The van der Waals surface area contributed by atoms with Gasteiger partial charge in [-0.3, -0.25) is 4.79 Å². The largest absolute Gasteiger partial charge is 0.296 e. The summed E-state index contributed by atoms with van der Waals surface area (Å²) >= 11 is 0. The number of Topliss-reactive ketones (excluding diaryl/α,β-unsaturated/α-hetero) is 1. The molecule has 18 heavy (non-hydrogen) atoms. The van der Waals surface area contributed by atoms with E-state index in [4.69, 9.17) is 5.26 Å². The topological polar surface area (TPSA) is 65.6 Å². The fraction of sp³-hybridized carbons (Fsp3) is 0.857. The third-order valence-corrected chi connectivity index (χ3v) is 2.99. The Labute approximate surface area is 110 Å². The number of hydrogen-bond acceptors (Lipinski definition) is 4. The standard InChI is InChI=1S/C14H25N3O/c1-4-7-8-9-10-14(18)13(11-15)17-16-12(5-2)6-3/h12-13H,4-10H2,1-3H3. The Morgan fingerprint density at radius 1 is 1.11 bits per heavy atom. The minimum atomic E-state index is -0.896. The minimum absolute atomic E-state index is 0.0942. The van der Waals surface area contributed by atoms with Crippen LogP contribution in [0.1, 0.15) is 65.7 Å². The number of rotatable bonds is 10. The van der Waals surface area contributed by atoms with E-state index < -0.39 is 6.04 Å². The normalized spacial score (nSPS) is 12.8. The highest BCUT2D eigenvalue weighted by molar-refractivity contribution is 5.86. The molecule has 0 amide bonds. The van der Waals surface area contributed by atoms with Crippen LogP contribution in [0.2, 0.25) is 0 Å². The Hall–Kier alpha value is -1.24. The molecule has 0 radical (unpaired) electrons. The number of nitrogens with zero attached hydrogens (tertiary/aromatic N) is 3. The first kappa shape index (κ1) is 16.8. The highest BCUT2D eigenvalue weighted by Gasteiger charge is 2.16. The smallest absolute Gasteiger partial charge is 0.214 e. The summed E-state index contributed by atoms with van der Waals surface area (Å²) in [5.74, 6) is -0.0942. The van der Waals surface area contributed by atoms with Crippen molar-refractivity contribution < 1.29 is 4.79 Å². The van der Waals surface area contributed by atoms with E-state index in [2.05, 4.69) is 17.2 Å². The summed E-state index contributed by atoms with van der Waals surface area (Å²) in [6.45, 7) is 6.19. The van der Waals surface area contributed by atoms with Crippen LogP contribution in [-0.2, 0) is 4.79 Å². The third kappa shape index (κ3) is 7.16. The van der Waals surface area contributed by atoms with Crippen molar-refractivity contribution in [2.45, 2.75) is 77.8 Å². The van der Waals surface area contributed by atoms with Crippen molar-refractivity contribution >= 4 is 5.78 Å². The Balaban J connectivity index is 4.16. The van der Waals surface area contributed by atoms with Gasteiger partial charge in [0.1, 0.15) is 0 Å². The number of unbranched alkanes of at least 4 members (excludes halogenated alkanes) is 3. The molecule has 0 aliphatic rings. The Morgan fingerprint density at radius 2 is 1.78 bits per heavy atom. The Bertz CT molecular complexity index is 290. The molecule has 0 bridgehead atoms. The summed E-state index contributed by atoms with van der Waals surface area (Å²) in [4.78, 5) is 11.8. The monoisotopic (exact) mass is 251 g/mol. The van der Waals surface area contributed by atoms with Gasteiger partial charge >= 0.3 is 0 Å². The molecule has 0 aromatic heterocycles. The Morgan fingerprint density at radius 3 is 2.28 bits per heavy atom. The van der Waals surface area contributed by atoms with Crippen molar-refractivity contribution in [1.29, 1.82) is 5.26 Å². The van der Waals surface area contributed by atoms with Crippen LogP contribution in [0.25, 0.3) is 0 Å². The third-order valence-electron chi connectivity index (χ3n) is 2.99. The highest BCUT2D eigenvalue weighted by Crippen LogP contribution is 2.09. The molecule has 0 fully saturated rings. The fourth-order valence-corrected chi connectivity index (χ4v) is 1.64. The van der Waals surface area contributed by atoms with E-state index in [1.165, 1.54) is 0 Å². The second-order valence-electron chi connectivity index (χ2n) is 4.51. The maximum atomic E-state index is 11.8. The molecule has 102 valence electrons.